The SMILES string of the molecule is CC(C)CCN(CCC(C)C)C(=O)c1csc(CN)n1.Cl. The number of nitrogens with two attached hydrogens (primary N) is 1. The van der Waals surface area contributed by atoms with Crippen LogP contribution in [0.4, 0.5) is 0 Å². The lowest BCUT2D eigenvalue weighted by Crippen LogP contribution is -2.34. The molecule has 6 heteroatoms. The molecular formula is C15H28ClN3OS. The average molecular weight is 334 g/mol. The van der Waals surface area contributed by atoms with Crippen molar-refractivity contribution in [3.8, 4) is 0 Å². The van der Waals surface area contributed by atoms with Gasteiger partial charge in [-0.15, -0.1) is 23.7 Å². The summed E-state index contributed by atoms with van der Waals surface area (Å²) in [6, 6.07) is 0. The maximum absolute atomic E-state index is 12.5. The molecule has 0 unspecified atom stereocenters. The van der Waals surface area contributed by atoms with E-state index in [0.717, 1.165) is 30.9 Å². The number of carbonyl (C=O) groups excluding carboxylic acids is 1. The second-order valence-electron chi connectivity index (χ2n) is 5.99. The van der Waals surface area contributed by atoms with Gasteiger partial charge in [0.2, 0.25) is 0 Å². The molecule has 0 aliphatic rings. The molecule has 0 bridgehead atoms. The predicted molar refractivity (Wildman–Crippen MR) is 92.1 cm³/mol. The van der Waals surface area contributed by atoms with Crippen LogP contribution in [-0.2, 0) is 6.54 Å². The van der Waals surface area contributed by atoms with Gasteiger partial charge in [0.1, 0.15) is 10.7 Å². The van der Waals surface area contributed by atoms with Crippen molar-refractivity contribution in [2.75, 3.05) is 13.1 Å². The second kappa shape index (κ2) is 10.1. The standard InChI is InChI=1S/C15H27N3OS.ClH/c1-11(2)5-7-18(8-6-12(3)4)15(19)13-10-20-14(9-16)17-13;/h10-12H,5-9,16H2,1-4H3;1H. The third-order valence-corrected chi connectivity index (χ3v) is 4.06. The molecule has 0 aliphatic heterocycles. The van der Waals surface area contributed by atoms with Gasteiger partial charge < -0.3 is 10.6 Å². The van der Waals surface area contributed by atoms with Crippen molar-refractivity contribution in [3.63, 3.8) is 0 Å². The highest BCUT2D eigenvalue weighted by molar-refractivity contribution is 7.09. The van der Waals surface area contributed by atoms with Crippen LogP contribution < -0.4 is 5.73 Å². The molecular weight excluding hydrogens is 306 g/mol. The number of hydrogen-bond acceptors (Lipinski definition) is 4. The Balaban J connectivity index is 0.00000400. The fourth-order valence-corrected chi connectivity index (χ4v) is 2.46. The maximum Gasteiger partial charge on any atom is 0.273 e. The van der Waals surface area contributed by atoms with E-state index in [9.17, 15) is 4.79 Å². The van der Waals surface area contributed by atoms with Crippen molar-refractivity contribution in [1.82, 2.24) is 9.88 Å². The van der Waals surface area contributed by atoms with Crippen molar-refractivity contribution < 1.29 is 4.79 Å². The van der Waals surface area contributed by atoms with Crippen LogP contribution >= 0.6 is 23.7 Å². The lowest BCUT2D eigenvalue weighted by atomic mass is 10.1. The largest absolute Gasteiger partial charge is 0.337 e. The van der Waals surface area contributed by atoms with Gasteiger partial charge in [-0.05, 0) is 24.7 Å². The van der Waals surface area contributed by atoms with Crippen LogP contribution in [0.1, 0.15) is 56.0 Å². The zero-order valence-corrected chi connectivity index (χ0v) is 15.1. The van der Waals surface area contributed by atoms with E-state index in [1.54, 1.807) is 0 Å². The summed E-state index contributed by atoms with van der Waals surface area (Å²) >= 11 is 1.46. The van der Waals surface area contributed by atoms with Gasteiger partial charge in [0, 0.05) is 25.0 Å². The second-order valence-corrected chi connectivity index (χ2v) is 6.93. The third kappa shape index (κ3) is 7.25. The van der Waals surface area contributed by atoms with Gasteiger partial charge in [-0.3, -0.25) is 4.79 Å². The lowest BCUT2D eigenvalue weighted by molar-refractivity contribution is 0.0735. The minimum atomic E-state index is 0. The Morgan fingerprint density at radius 1 is 1.24 bits per heavy atom. The smallest absolute Gasteiger partial charge is 0.273 e. The van der Waals surface area contributed by atoms with E-state index < -0.39 is 0 Å². The Bertz CT molecular complexity index is 409. The molecule has 0 aliphatic carbocycles. The summed E-state index contributed by atoms with van der Waals surface area (Å²) in [7, 11) is 0. The highest BCUT2D eigenvalue weighted by Gasteiger charge is 2.19. The highest BCUT2D eigenvalue weighted by atomic mass is 35.5. The minimum Gasteiger partial charge on any atom is -0.337 e. The molecule has 1 amide bonds. The van der Waals surface area contributed by atoms with Gasteiger partial charge in [-0.2, -0.15) is 0 Å². The van der Waals surface area contributed by atoms with Gasteiger partial charge in [-0.25, -0.2) is 4.98 Å². The van der Waals surface area contributed by atoms with Gasteiger partial charge in [-0.1, -0.05) is 27.7 Å². The molecule has 0 saturated heterocycles. The molecule has 122 valence electrons. The summed E-state index contributed by atoms with van der Waals surface area (Å²) in [4.78, 5) is 18.8. The summed E-state index contributed by atoms with van der Waals surface area (Å²) in [5, 5.41) is 2.64. The average Bonchev–Trinajstić information content (AvgIpc) is 2.86. The number of thiazole rings is 1. The van der Waals surface area contributed by atoms with Crippen LogP contribution in [0.2, 0.25) is 0 Å². The molecule has 0 spiro atoms. The van der Waals surface area contributed by atoms with Gasteiger partial charge in [0.25, 0.3) is 5.91 Å². The molecule has 0 atom stereocenters. The van der Waals surface area contributed by atoms with E-state index in [1.807, 2.05) is 10.3 Å². The third-order valence-electron chi connectivity index (χ3n) is 3.19. The zero-order valence-electron chi connectivity index (χ0n) is 13.5. The molecule has 0 fully saturated rings. The number of aromatic nitrogens is 1. The molecule has 0 saturated carbocycles. The highest BCUT2D eigenvalue weighted by Crippen LogP contribution is 2.14. The molecule has 0 aromatic carbocycles. The monoisotopic (exact) mass is 333 g/mol. The fraction of sp³-hybridized carbons (Fsp3) is 0.733. The van der Waals surface area contributed by atoms with Crippen LogP contribution in [0.5, 0.6) is 0 Å². The Morgan fingerprint density at radius 3 is 2.14 bits per heavy atom. The van der Waals surface area contributed by atoms with E-state index in [1.165, 1.54) is 11.3 Å². The number of nitrogens with zero attached hydrogens (tertiary/aromatic N) is 2. The maximum atomic E-state index is 12.5. The fourth-order valence-electron chi connectivity index (χ4n) is 1.81. The van der Waals surface area contributed by atoms with Crippen molar-refractivity contribution in [3.05, 3.63) is 16.1 Å². The van der Waals surface area contributed by atoms with E-state index in [-0.39, 0.29) is 18.3 Å². The Morgan fingerprint density at radius 2 is 1.76 bits per heavy atom. The summed E-state index contributed by atoms with van der Waals surface area (Å²) in [6.45, 7) is 10.7. The van der Waals surface area contributed by atoms with E-state index in [4.69, 9.17) is 5.73 Å². The van der Waals surface area contributed by atoms with Crippen LogP contribution in [-0.4, -0.2) is 28.9 Å². The van der Waals surface area contributed by atoms with E-state index >= 15 is 0 Å². The molecule has 4 nitrogen and oxygen atoms in total. The molecule has 2 N–H and O–H groups in total. The Labute approximate surface area is 138 Å². The molecule has 0 radical (unpaired) electrons. The van der Waals surface area contributed by atoms with Crippen LogP contribution in [0, 0.1) is 11.8 Å². The molecule has 21 heavy (non-hydrogen) atoms. The first-order valence-electron chi connectivity index (χ1n) is 7.37. The molecule has 1 aromatic rings. The van der Waals surface area contributed by atoms with Crippen molar-refractivity contribution >= 4 is 29.7 Å². The summed E-state index contributed by atoms with van der Waals surface area (Å²) in [5.41, 5.74) is 6.10. The minimum absolute atomic E-state index is 0. The van der Waals surface area contributed by atoms with Gasteiger partial charge in [0.15, 0.2) is 0 Å². The number of halogens is 1. The van der Waals surface area contributed by atoms with Crippen LogP contribution in [0.3, 0.4) is 0 Å². The topological polar surface area (TPSA) is 59.2 Å². The Kier molecular flexibility index (Phi) is 9.83. The number of amides is 1. The van der Waals surface area contributed by atoms with Crippen molar-refractivity contribution in [2.24, 2.45) is 17.6 Å². The number of hydrogen-bond donors (Lipinski definition) is 1. The predicted octanol–water partition coefficient (Wildman–Crippen LogP) is 3.56. The quantitative estimate of drug-likeness (QED) is 0.791. The van der Waals surface area contributed by atoms with Gasteiger partial charge in [0.05, 0.1) is 0 Å². The normalized spacial score (nSPS) is 10.8. The first kappa shape index (κ1) is 20.3. The number of carbonyl (C=O) groups is 1. The van der Waals surface area contributed by atoms with Crippen molar-refractivity contribution in [1.29, 1.82) is 0 Å². The van der Waals surface area contributed by atoms with Crippen LogP contribution in [0.15, 0.2) is 5.38 Å². The number of rotatable bonds is 8. The van der Waals surface area contributed by atoms with E-state index in [0.29, 0.717) is 24.1 Å². The first-order chi connectivity index (χ1) is 9.43. The van der Waals surface area contributed by atoms with Crippen molar-refractivity contribution in [2.45, 2.75) is 47.1 Å². The Hall–Kier alpha value is -0.650. The van der Waals surface area contributed by atoms with E-state index in [2.05, 4.69) is 32.7 Å². The van der Waals surface area contributed by atoms with Gasteiger partial charge >= 0.3 is 0 Å². The summed E-state index contributed by atoms with van der Waals surface area (Å²) in [5.74, 6) is 1.24. The zero-order chi connectivity index (χ0) is 15.1. The summed E-state index contributed by atoms with van der Waals surface area (Å²) < 4.78 is 0. The molecule has 1 heterocycles. The van der Waals surface area contributed by atoms with Crippen LogP contribution in [0.25, 0.3) is 0 Å². The molecule has 1 aromatic heterocycles. The first-order valence-corrected chi connectivity index (χ1v) is 8.25. The lowest BCUT2D eigenvalue weighted by Gasteiger charge is -2.23. The molecule has 1 rings (SSSR count). The summed E-state index contributed by atoms with van der Waals surface area (Å²) in [6.07, 6.45) is 2.05.